The molecule has 0 aliphatic rings. The summed E-state index contributed by atoms with van der Waals surface area (Å²) >= 11 is 12.5. The minimum Gasteiger partial charge on any atom is -0.413 e. The van der Waals surface area contributed by atoms with Crippen LogP contribution in [-0.2, 0) is 13.0 Å². The maximum atomic E-state index is 6.58. The zero-order valence-electron chi connectivity index (χ0n) is 14.1. The molecule has 0 aromatic rings. The van der Waals surface area contributed by atoms with E-state index in [0.29, 0.717) is 24.2 Å². The molecule has 0 aromatic carbocycles. The lowest BCUT2D eigenvalue weighted by Gasteiger charge is -2.38. The summed E-state index contributed by atoms with van der Waals surface area (Å²) in [5, 5.41) is 0. The summed E-state index contributed by atoms with van der Waals surface area (Å²) in [6.07, 6.45) is 4.37. The van der Waals surface area contributed by atoms with E-state index in [-0.39, 0.29) is 0 Å². The van der Waals surface area contributed by atoms with E-state index in [9.17, 15) is 0 Å². The Kier molecular flexibility index (Phi) is 12.9. The normalized spacial score (nSPS) is 17.4. The van der Waals surface area contributed by atoms with Crippen molar-refractivity contribution in [3.05, 3.63) is 0 Å². The lowest BCUT2D eigenvalue weighted by Crippen LogP contribution is -2.58. The average Bonchev–Trinajstić information content (AvgIpc) is 2.50. The second-order valence-electron chi connectivity index (χ2n) is 5.26. The van der Waals surface area contributed by atoms with Crippen LogP contribution >= 0.6 is 23.2 Å². The summed E-state index contributed by atoms with van der Waals surface area (Å²) in [5.41, 5.74) is 0.900. The maximum Gasteiger partial charge on any atom is 0.344 e. The molecule has 0 aromatic heterocycles. The highest BCUT2D eigenvalue weighted by molar-refractivity contribution is 6.86. The molecule has 7 heteroatoms. The number of halogens is 2. The Hall–Kier alpha value is 0.894. The van der Waals surface area contributed by atoms with E-state index in [1.54, 1.807) is 0 Å². The van der Waals surface area contributed by atoms with E-state index >= 15 is 0 Å². The molecule has 0 N–H and O–H groups in total. The topological polar surface area (TPSA) is 27.7 Å². The third-order valence-corrected chi connectivity index (χ3v) is 13.5. The van der Waals surface area contributed by atoms with Crippen LogP contribution in [0.5, 0.6) is 0 Å². The number of alkyl halides is 2. The Labute approximate surface area is 143 Å². The first-order chi connectivity index (χ1) is 10.1. The predicted molar refractivity (Wildman–Crippen MR) is 96.7 cm³/mol. The van der Waals surface area contributed by atoms with Crippen LogP contribution in [0.4, 0.5) is 0 Å². The first kappa shape index (κ1) is 21.9. The van der Waals surface area contributed by atoms with Crippen molar-refractivity contribution in [3.8, 4) is 0 Å². The van der Waals surface area contributed by atoms with Gasteiger partial charge in [-0.1, -0.05) is 39.5 Å². The molecule has 0 heterocycles. The Balaban J connectivity index is 5.14. The molecule has 3 nitrogen and oxygen atoms in total. The molecular weight excluding hydrogens is 343 g/mol. The van der Waals surface area contributed by atoms with Gasteiger partial charge in [0, 0.05) is 13.2 Å². The van der Waals surface area contributed by atoms with Crippen LogP contribution in [0.2, 0.25) is 12.1 Å². The molecule has 2 atom stereocenters. The lowest BCUT2D eigenvalue weighted by atomic mass is 10.4. The molecule has 0 saturated carbocycles. The summed E-state index contributed by atoms with van der Waals surface area (Å²) in [5.74, 6) is 0. The first-order valence-electron chi connectivity index (χ1n) is 8.17. The van der Waals surface area contributed by atoms with Gasteiger partial charge in [-0.3, -0.25) is 0 Å². The Morgan fingerprint density at radius 3 is 1.33 bits per heavy atom. The summed E-state index contributed by atoms with van der Waals surface area (Å²) in [6.45, 7) is 9.61. The van der Waals surface area contributed by atoms with Crippen LogP contribution in [0.1, 0.15) is 53.4 Å². The Bertz CT molecular complexity index is 238. The van der Waals surface area contributed by atoms with Crippen LogP contribution in [-0.4, -0.2) is 41.3 Å². The number of rotatable bonds is 14. The molecule has 21 heavy (non-hydrogen) atoms. The van der Waals surface area contributed by atoms with E-state index < -0.39 is 17.1 Å². The molecule has 0 rings (SSSR count). The van der Waals surface area contributed by atoms with Crippen molar-refractivity contribution in [1.82, 2.24) is 0 Å². The zero-order valence-corrected chi connectivity index (χ0v) is 17.6. The van der Waals surface area contributed by atoms with Gasteiger partial charge in [-0.25, -0.2) is 0 Å². The molecule has 0 bridgehead atoms. The van der Waals surface area contributed by atoms with Gasteiger partial charge in [-0.05, 0) is 25.9 Å². The van der Waals surface area contributed by atoms with Crippen molar-refractivity contribution in [2.24, 2.45) is 0 Å². The number of hydrogen-bond acceptors (Lipinski definition) is 3. The fraction of sp³-hybridized carbons (Fsp3) is 1.00. The largest absolute Gasteiger partial charge is 0.413 e. The van der Waals surface area contributed by atoms with Crippen LogP contribution in [0.25, 0.3) is 0 Å². The van der Waals surface area contributed by atoms with Gasteiger partial charge in [-0.2, -0.15) is 0 Å². The minimum atomic E-state index is -2.42. The van der Waals surface area contributed by atoms with Crippen LogP contribution < -0.4 is 0 Å². The summed E-state index contributed by atoms with van der Waals surface area (Å²) in [6, 6.07) is 1.84. The molecule has 0 radical (unpaired) electrons. The molecule has 0 fully saturated rings. The highest BCUT2D eigenvalue weighted by atomic mass is 35.5. The SMILES string of the molecule is CCCC[Si](CCl)(OCC)O[Si](CCl)(CCCC)OCC. The Morgan fingerprint density at radius 2 is 1.10 bits per heavy atom. The van der Waals surface area contributed by atoms with Gasteiger partial charge < -0.3 is 13.0 Å². The van der Waals surface area contributed by atoms with Gasteiger partial charge >= 0.3 is 17.1 Å². The summed E-state index contributed by atoms with van der Waals surface area (Å²) < 4.78 is 18.7. The number of hydrogen-bond donors (Lipinski definition) is 0. The van der Waals surface area contributed by atoms with E-state index in [1.807, 2.05) is 13.8 Å². The molecule has 2 unspecified atom stereocenters. The van der Waals surface area contributed by atoms with Crippen molar-refractivity contribution >= 4 is 40.3 Å². The van der Waals surface area contributed by atoms with Crippen LogP contribution in [0.3, 0.4) is 0 Å². The van der Waals surface area contributed by atoms with Crippen molar-refractivity contribution in [3.63, 3.8) is 0 Å². The first-order valence-corrected chi connectivity index (χ1v) is 13.7. The highest BCUT2D eigenvalue weighted by Gasteiger charge is 2.47. The van der Waals surface area contributed by atoms with Crippen LogP contribution in [0, 0.1) is 0 Å². The molecule has 0 saturated heterocycles. The molecule has 0 aliphatic carbocycles. The van der Waals surface area contributed by atoms with Gasteiger partial charge in [0.25, 0.3) is 0 Å². The van der Waals surface area contributed by atoms with Gasteiger partial charge in [0.15, 0.2) is 0 Å². The van der Waals surface area contributed by atoms with Gasteiger partial charge in [0.2, 0.25) is 0 Å². The molecule has 128 valence electrons. The second kappa shape index (κ2) is 12.3. The minimum absolute atomic E-state index is 0.450. The monoisotopic (exact) mass is 374 g/mol. The van der Waals surface area contributed by atoms with Crippen molar-refractivity contribution < 1.29 is 13.0 Å². The second-order valence-corrected chi connectivity index (χ2v) is 13.4. The van der Waals surface area contributed by atoms with Crippen molar-refractivity contribution in [2.75, 3.05) is 24.2 Å². The molecule has 0 amide bonds. The average molecular weight is 375 g/mol. The maximum absolute atomic E-state index is 6.58. The standard InChI is InChI=1S/C14H32Cl2O3Si2/c1-5-9-11-20(13-15,17-7-3)19-21(14-16,18-8-4)12-10-6-2/h5-14H2,1-4H3. The Morgan fingerprint density at radius 1 is 0.714 bits per heavy atom. The highest BCUT2D eigenvalue weighted by Crippen LogP contribution is 2.28. The molecular formula is C14H32Cl2O3Si2. The summed E-state index contributed by atoms with van der Waals surface area (Å²) in [7, 11) is -4.83. The molecule has 0 aliphatic heterocycles. The van der Waals surface area contributed by atoms with Crippen molar-refractivity contribution in [1.29, 1.82) is 0 Å². The third kappa shape index (κ3) is 7.81. The summed E-state index contributed by atoms with van der Waals surface area (Å²) in [4.78, 5) is 0. The van der Waals surface area contributed by atoms with Gasteiger partial charge in [0.05, 0.1) is 11.0 Å². The lowest BCUT2D eigenvalue weighted by molar-refractivity contribution is 0.196. The van der Waals surface area contributed by atoms with E-state index in [4.69, 9.17) is 36.2 Å². The fourth-order valence-electron chi connectivity index (χ4n) is 2.33. The quantitative estimate of drug-likeness (QED) is 0.312. The van der Waals surface area contributed by atoms with E-state index in [0.717, 1.165) is 37.8 Å². The number of unbranched alkanes of at least 4 members (excludes halogenated alkanes) is 2. The molecule has 0 spiro atoms. The van der Waals surface area contributed by atoms with E-state index in [2.05, 4.69) is 13.8 Å². The van der Waals surface area contributed by atoms with Crippen LogP contribution in [0.15, 0.2) is 0 Å². The van der Waals surface area contributed by atoms with Crippen molar-refractivity contribution in [2.45, 2.75) is 65.5 Å². The predicted octanol–water partition coefficient (Wildman–Crippen LogP) is 5.12. The fourth-order valence-corrected chi connectivity index (χ4v) is 12.6. The van der Waals surface area contributed by atoms with Gasteiger partial charge in [-0.15, -0.1) is 23.2 Å². The third-order valence-electron chi connectivity index (χ3n) is 3.42. The smallest absolute Gasteiger partial charge is 0.344 e. The van der Waals surface area contributed by atoms with Gasteiger partial charge in [0.1, 0.15) is 0 Å². The van der Waals surface area contributed by atoms with E-state index in [1.165, 1.54) is 0 Å². The zero-order chi connectivity index (χ0) is 16.2.